The second-order valence-electron chi connectivity index (χ2n) is 22.2. The van der Waals surface area contributed by atoms with E-state index in [1.165, 1.54) is 6.92 Å². The minimum absolute atomic E-state index is 0.0143. The Morgan fingerprint density at radius 3 is 1.91 bits per heavy atom. The number of likely N-dealkylation sites (N-methyl/N-ethyl adjacent to an activating group) is 1. The van der Waals surface area contributed by atoms with Crippen molar-refractivity contribution in [1.82, 2.24) is 4.90 Å². The van der Waals surface area contributed by atoms with E-state index in [2.05, 4.69) is 65.0 Å². The van der Waals surface area contributed by atoms with Crippen molar-refractivity contribution < 1.29 is 65.8 Å². The summed E-state index contributed by atoms with van der Waals surface area (Å²) in [5, 5.41) is 0. The van der Waals surface area contributed by atoms with E-state index in [1.54, 1.807) is 21.3 Å². The molecule has 0 aliphatic carbocycles. The zero-order valence-corrected chi connectivity index (χ0v) is 45.7. The van der Waals surface area contributed by atoms with Gasteiger partial charge in [-0.2, -0.15) is 0 Å². The van der Waals surface area contributed by atoms with Crippen LogP contribution in [0.5, 0.6) is 0 Å². The van der Waals surface area contributed by atoms with Gasteiger partial charge >= 0.3 is 11.9 Å². The molecule has 2 bridgehead atoms. The number of hydrogen-bond donors (Lipinski definition) is 0. The lowest BCUT2D eigenvalue weighted by molar-refractivity contribution is -0.323. The lowest BCUT2D eigenvalue weighted by Gasteiger charge is -2.51. The molecule has 0 spiro atoms. The second kappa shape index (κ2) is 20.9. The molecular formula is C47H89NO14Si2. The van der Waals surface area contributed by atoms with Crippen molar-refractivity contribution in [3.05, 3.63) is 0 Å². The number of carbonyl (C=O) groups is 2. The van der Waals surface area contributed by atoms with Crippen LogP contribution in [-0.4, -0.2) is 159 Å². The van der Waals surface area contributed by atoms with Gasteiger partial charge in [0.05, 0.1) is 42.0 Å². The lowest BCUT2D eigenvalue weighted by Crippen LogP contribution is -2.62. The Labute approximate surface area is 388 Å². The van der Waals surface area contributed by atoms with Crippen LogP contribution in [0.15, 0.2) is 0 Å². The quantitative estimate of drug-likeness (QED) is 0.125. The smallest absolute Gasteiger partial charge is 0.311 e. The summed E-state index contributed by atoms with van der Waals surface area (Å²) in [5.74, 6) is -4.09. The molecule has 4 saturated heterocycles. The minimum Gasteiger partial charge on any atom is -0.459 e. The van der Waals surface area contributed by atoms with Gasteiger partial charge in [-0.25, -0.2) is 0 Å². The number of esters is 2. The Bertz CT molecular complexity index is 1560. The molecule has 0 N–H and O–H groups in total. The fourth-order valence-electron chi connectivity index (χ4n) is 11.2. The molecule has 0 radical (unpaired) electrons. The largest absolute Gasteiger partial charge is 0.459 e. The van der Waals surface area contributed by atoms with Crippen LogP contribution in [0.1, 0.15) is 102 Å². The number of cyclic esters (lactones) is 1. The fourth-order valence-corrected chi connectivity index (χ4v) is 13.8. The molecule has 4 fully saturated rings. The molecule has 17 heteroatoms. The average molecular weight is 948 g/mol. The van der Waals surface area contributed by atoms with E-state index in [9.17, 15) is 4.79 Å². The molecule has 0 amide bonds. The van der Waals surface area contributed by atoms with Gasteiger partial charge in [-0.3, -0.25) is 9.59 Å². The van der Waals surface area contributed by atoms with E-state index < -0.39 is 118 Å². The standard InChI is InChI=1S/C47H89NO14Si2/c1-23-35-46(11)40(60-63(17,18)19)31(6)47(61-46,62-64(20,21)22)27(2)25-44(9,52-15)39(59-43-38(51-14)34(48(12)13)24-28(3)54-43)29(4)37(30(5)42(50)57-35)58-36-26-45(10,53-16)41(32(7)55-36)56-33(8)49/h27-32,34-41,43H,23-26H2,1-22H3/t27-,28-,29+,30-,31-,32+,34+,35-,36?,37+,38-,39-,40+,41+,43+,44-,45-,46?,47?/m1/s1. The summed E-state index contributed by atoms with van der Waals surface area (Å²) in [4.78, 5) is 29.5. The number of methoxy groups -OCH3 is 3. The Kier molecular flexibility index (Phi) is 18.1. The Hall–Kier alpha value is -1.07. The van der Waals surface area contributed by atoms with Crippen LogP contribution in [-0.2, 0) is 65.8 Å². The van der Waals surface area contributed by atoms with Gasteiger partial charge in [0.15, 0.2) is 41.1 Å². The van der Waals surface area contributed by atoms with Crippen molar-refractivity contribution in [3.8, 4) is 0 Å². The molecule has 19 atom stereocenters. The van der Waals surface area contributed by atoms with Crippen molar-refractivity contribution in [3.63, 3.8) is 0 Å². The highest BCUT2D eigenvalue weighted by molar-refractivity contribution is 6.70. The van der Waals surface area contributed by atoms with Gasteiger partial charge in [0.2, 0.25) is 0 Å². The number of ether oxygens (including phenoxy) is 10. The second-order valence-corrected chi connectivity index (χ2v) is 31.1. The predicted molar refractivity (Wildman–Crippen MR) is 249 cm³/mol. The zero-order valence-electron chi connectivity index (χ0n) is 43.7. The van der Waals surface area contributed by atoms with E-state index in [0.29, 0.717) is 12.8 Å². The van der Waals surface area contributed by atoms with Crippen molar-refractivity contribution >= 4 is 28.6 Å². The van der Waals surface area contributed by atoms with Crippen LogP contribution in [0, 0.1) is 23.7 Å². The summed E-state index contributed by atoms with van der Waals surface area (Å²) in [7, 11) is 4.43. The zero-order chi connectivity index (χ0) is 48.7. The van der Waals surface area contributed by atoms with E-state index in [-0.39, 0.29) is 30.4 Å². The molecule has 0 aromatic carbocycles. The molecule has 374 valence electrons. The number of fused-ring (bicyclic) bond motifs is 2. The van der Waals surface area contributed by atoms with Crippen molar-refractivity contribution in [2.75, 3.05) is 35.4 Å². The third kappa shape index (κ3) is 11.8. The van der Waals surface area contributed by atoms with Crippen LogP contribution in [0.3, 0.4) is 0 Å². The van der Waals surface area contributed by atoms with E-state index >= 15 is 4.79 Å². The maximum Gasteiger partial charge on any atom is 0.311 e. The Morgan fingerprint density at radius 1 is 0.812 bits per heavy atom. The molecule has 4 aliphatic rings. The van der Waals surface area contributed by atoms with Crippen molar-refractivity contribution in [1.29, 1.82) is 0 Å². The molecule has 64 heavy (non-hydrogen) atoms. The molecular weight excluding hydrogens is 859 g/mol. The molecule has 0 aromatic heterocycles. The minimum atomic E-state index is -2.37. The van der Waals surface area contributed by atoms with Gasteiger partial charge in [0, 0.05) is 58.5 Å². The average Bonchev–Trinajstić information content (AvgIpc) is 3.38. The number of hydrogen-bond acceptors (Lipinski definition) is 15. The maximum absolute atomic E-state index is 15.1. The third-order valence-corrected chi connectivity index (χ3v) is 16.3. The molecule has 0 saturated carbocycles. The lowest BCUT2D eigenvalue weighted by atomic mass is 9.73. The van der Waals surface area contributed by atoms with Crippen LogP contribution in [0.25, 0.3) is 0 Å². The van der Waals surface area contributed by atoms with Gasteiger partial charge in [0.25, 0.3) is 0 Å². The third-order valence-electron chi connectivity index (χ3n) is 14.4. The molecule has 4 rings (SSSR count). The first-order valence-corrected chi connectivity index (χ1v) is 30.5. The van der Waals surface area contributed by atoms with Crippen molar-refractivity contribution in [2.24, 2.45) is 23.7 Å². The van der Waals surface area contributed by atoms with Gasteiger partial charge in [-0.05, 0) is 114 Å². The first-order valence-electron chi connectivity index (χ1n) is 23.7. The molecule has 4 heterocycles. The van der Waals surface area contributed by atoms with Gasteiger partial charge in [-0.15, -0.1) is 0 Å². The maximum atomic E-state index is 15.1. The summed E-state index contributed by atoms with van der Waals surface area (Å²) in [5.41, 5.74) is -3.14. The monoisotopic (exact) mass is 948 g/mol. The highest BCUT2D eigenvalue weighted by atomic mass is 28.4. The number of carbonyl (C=O) groups excluding carboxylic acids is 2. The fraction of sp³-hybridized carbons (Fsp3) is 0.957. The van der Waals surface area contributed by atoms with Crippen LogP contribution < -0.4 is 0 Å². The Balaban J connectivity index is 2.00. The SMILES string of the molecule is CC[C@H]1OC(=O)[C@H](C)[C@@H](OC2C[C@@](C)(OC)[C@@H](OC(C)=O)[C@H](C)O2)[C@H](C)[C@@H](O[C@@H]2O[C@H](C)C[C@H](N(C)C)[C@H]2OC)[C@](C)(OC)C[C@@H](C)C2(O[Si](C)(C)C)OC1(C)[C@@H](O[Si](C)(C)C)[C@H]2C. The topological polar surface area (TPSA) is 148 Å². The van der Waals surface area contributed by atoms with Crippen molar-refractivity contribution in [2.45, 2.75) is 231 Å². The van der Waals surface area contributed by atoms with E-state index in [1.807, 2.05) is 62.6 Å². The summed E-state index contributed by atoms with van der Waals surface area (Å²) in [6.07, 6.45) is -4.64. The number of nitrogens with zero attached hydrogens (tertiary/aromatic N) is 1. The summed E-state index contributed by atoms with van der Waals surface area (Å²) in [6.45, 7) is 34.4. The molecule has 3 unspecified atom stereocenters. The predicted octanol–water partition coefficient (Wildman–Crippen LogP) is 7.54. The normalized spacial score (nSPS) is 45.3. The summed E-state index contributed by atoms with van der Waals surface area (Å²) < 4.78 is 81.3. The number of rotatable bonds is 14. The van der Waals surface area contributed by atoms with Crippen LogP contribution in [0.2, 0.25) is 39.3 Å². The Morgan fingerprint density at radius 2 is 1.41 bits per heavy atom. The first kappa shape index (κ1) is 55.5. The highest BCUT2D eigenvalue weighted by Crippen LogP contribution is 2.55. The van der Waals surface area contributed by atoms with E-state index in [0.717, 1.165) is 6.42 Å². The highest BCUT2D eigenvalue weighted by Gasteiger charge is 2.68. The van der Waals surface area contributed by atoms with Gasteiger partial charge in [-0.1, -0.05) is 27.7 Å². The summed E-state index contributed by atoms with van der Waals surface area (Å²) in [6, 6.07) is -0.0143. The van der Waals surface area contributed by atoms with Gasteiger partial charge < -0.3 is 61.1 Å². The van der Waals surface area contributed by atoms with Crippen LogP contribution >= 0.6 is 0 Å². The van der Waals surface area contributed by atoms with Gasteiger partial charge in [0.1, 0.15) is 23.4 Å². The molecule has 15 nitrogen and oxygen atoms in total. The summed E-state index contributed by atoms with van der Waals surface area (Å²) >= 11 is 0. The van der Waals surface area contributed by atoms with Crippen LogP contribution in [0.4, 0.5) is 0 Å². The first-order chi connectivity index (χ1) is 29.4. The van der Waals surface area contributed by atoms with E-state index in [4.69, 9.17) is 56.2 Å². The molecule has 4 aliphatic heterocycles. The molecule has 0 aromatic rings.